The third kappa shape index (κ3) is 6.11. The van der Waals surface area contributed by atoms with Gasteiger partial charge in [0.25, 0.3) is 0 Å². The van der Waals surface area contributed by atoms with Crippen molar-refractivity contribution in [3.8, 4) is 0 Å². The normalized spacial score (nSPS) is 16.4. The van der Waals surface area contributed by atoms with Gasteiger partial charge in [0.15, 0.2) is 0 Å². The van der Waals surface area contributed by atoms with E-state index in [4.69, 9.17) is 4.74 Å². The summed E-state index contributed by atoms with van der Waals surface area (Å²) in [7, 11) is 1.78. The molecule has 1 nitrogen and oxygen atoms in total. The van der Waals surface area contributed by atoms with Gasteiger partial charge in [-0.05, 0) is 94.7 Å². The predicted octanol–water partition coefficient (Wildman–Crippen LogP) is 9.91. The highest BCUT2D eigenvalue weighted by Gasteiger charge is 2.30. The standard InChI is InChI=1S/C35H40O.C2H6/c1-8-27-14-12-15-28(9-2)35(27)34-26(6)33(25(5)21-31(34)22-36-7)24(4)19-23(3)20-30-18-17-29-13-10-11-16-32(29)30;1-2/h10-16,18,21,34H,3-5,8-9,17,19-20,22H2,1-2,6-7H3;1-2H3. The fourth-order valence-corrected chi connectivity index (χ4v) is 6.15. The SMILES string of the molecule is C=C(CC(=C)C1=C(C)C(c2c(CC)cccc2CC)C(COC)=CC1=C)CC1=CCc2ccccc21.CC. The molecule has 2 aliphatic rings. The number of rotatable bonds is 10. The number of hydrogen-bond acceptors (Lipinski definition) is 1. The Morgan fingerprint density at radius 2 is 1.63 bits per heavy atom. The molecule has 2 aromatic rings. The Bertz CT molecular complexity index is 1270. The summed E-state index contributed by atoms with van der Waals surface area (Å²) in [5.41, 5.74) is 15.6. The van der Waals surface area contributed by atoms with Crippen molar-refractivity contribution < 1.29 is 4.74 Å². The molecule has 38 heavy (non-hydrogen) atoms. The van der Waals surface area contributed by atoms with E-state index in [1.54, 1.807) is 7.11 Å². The molecule has 4 rings (SSSR count). The summed E-state index contributed by atoms with van der Waals surface area (Å²) < 4.78 is 5.67. The highest BCUT2D eigenvalue weighted by molar-refractivity contribution is 5.74. The average molecular weight is 507 g/mol. The Kier molecular flexibility index (Phi) is 10.5. The van der Waals surface area contributed by atoms with Gasteiger partial charge in [0.1, 0.15) is 0 Å². The molecule has 1 unspecified atom stereocenters. The molecule has 1 atom stereocenters. The number of ether oxygens (including phenoxy) is 1. The summed E-state index contributed by atoms with van der Waals surface area (Å²) in [6.45, 7) is 24.9. The lowest BCUT2D eigenvalue weighted by atomic mass is 9.72. The van der Waals surface area contributed by atoms with E-state index in [-0.39, 0.29) is 5.92 Å². The van der Waals surface area contributed by atoms with Gasteiger partial charge >= 0.3 is 0 Å². The zero-order valence-corrected chi connectivity index (χ0v) is 24.5. The molecular formula is C37H46O. The van der Waals surface area contributed by atoms with Gasteiger partial charge in [-0.2, -0.15) is 0 Å². The Labute approximate surface area is 232 Å². The molecule has 0 saturated heterocycles. The van der Waals surface area contributed by atoms with Gasteiger partial charge in [0, 0.05) is 13.0 Å². The first-order valence-electron chi connectivity index (χ1n) is 14.2. The monoisotopic (exact) mass is 506 g/mol. The van der Waals surface area contributed by atoms with Crippen molar-refractivity contribution in [1.29, 1.82) is 0 Å². The number of hydrogen-bond donors (Lipinski definition) is 0. The summed E-state index contributed by atoms with van der Waals surface area (Å²) in [5, 5.41) is 0. The first kappa shape index (κ1) is 29.4. The van der Waals surface area contributed by atoms with E-state index >= 15 is 0 Å². The molecule has 0 amide bonds. The van der Waals surface area contributed by atoms with E-state index in [0.717, 1.165) is 43.3 Å². The molecule has 2 aromatic carbocycles. The minimum Gasteiger partial charge on any atom is -0.380 e. The summed E-state index contributed by atoms with van der Waals surface area (Å²) in [6, 6.07) is 15.5. The quantitative estimate of drug-likeness (QED) is 0.291. The van der Waals surface area contributed by atoms with E-state index in [2.05, 4.69) is 95.1 Å². The highest BCUT2D eigenvalue weighted by Crippen LogP contribution is 2.45. The summed E-state index contributed by atoms with van der Waals surface area (Å²) in [6.07, 6.45) is 9.31. The molecular weight excluding hydrogens is 460 g/mol. The molecule has 0 N–H and O–H groups in total. The smallest absolute Gasteiger partial charge is 0.0685 e. The maximum absolute atomic E-state index is 5.67. The number of fused-ring (bicyclic) bond motifs is 1. The Morgan fingerprint density at radius 3 is 2.26 bits per heavy atom. The first-order valence-corrected chi connectivity index (χ1v) is 14.2. The molecule has 0 spiro atoms. The molecule has 0 bridgehead atoms. The van der Waals surface area contributed by atoms with Gasteiger partial charge in [-0.25, -0.2) is 0 Å². The fourth-order valence-electron chi connectivity index (χ4n) is 6.15. The van der Waals surface area contributed by atoms with Crippen LogP contribution in [-0.2, 0) is 24.0 Å². The minimum absolute atomic E-state index is 0.186. The van der Waals surface area contributed by atoms with Crippen molar-refractivity contribution in [2.75, 3.05) is 13.7 Å². The van der Waals surface area contributed by atoms with Gasteiger partial charge in [-0.1, -0.05) is 113 Å². The number of aryl methyl sites for hydroxylation is 2. The van der Waals surface area contributed by atoms with Gasteiger partial charge in [0.05, 0.1) is 6.61 Å². The fraction of sp³-hybridized carbons (Fsp3) is 0.351. The van der Waals surface area contributed by atoms with Crippen LogP contribution in [0.5, 0.6) is 0 Å². The maximum atomic E-state index is 5.67. The molecule has 0 aliphatic heterocycles. The molecule has 200 valence electrons. The van der Waals surface area contributed by atoms with E-state index in [1.807, 2.05) is 13.8 Å². The second-order valence-electron chi connectivity index (χ2n) is 10.2. The lowest BCUT2D eigenvalue weighted by Crippen LogP contribution is -2.19. The highest BCUT2D eigenvalue weighted by atomic mass is 16.5. The summed E-state index contributed by atoms with van der Waals surface area (Å²) in [5.74, 6) is 0.186. The molecule has 0 saturated carbocycles. The Balaban J connectivity index is 0.00000195. The van der Waals surface area contributed by atoms with Crippen LogP contribution in [0.2, 0.25) is 0 Å². The molecule has 2 aliphatic carbocycles. The van der Waals surface area contributed by atoms with Crippen molar-refractivity contribution in [3.63, 3.8) is 0 Å². The van der Waals surface area contributed by atoms with Gasteiger partial charge in [-0.3, -0.25) is 0 Å². The second-order valence-corrected chi connectivity index (χ2v) is 10.2. The average Bonchev–Trinajstić information content (AvgIpc) is 3.32. The van der Waals surface area contributed by atoms with E-state index in [1.165, 1.54) is 55.7 Å². The molecule has 0 heterocycles. The van der Waals surface area contributed by atoms with Crippen LogP contribution in [0.4, 0.5) is 0 Å². The minimum atomic E-state index is 0.186. The summed E-state index contributed by atoms with van der Waals surface area (Å²) in [4.78, 5) is 0. The number of allylic oxidation sites excluding steroid dienone is 8. The lowest BCUT2D eigenvalue weighted by molar-refractivity contribution is 0.221. The van der Waals surface area contributed by atoms with Gasteiger partial charge in [0.2, 0.25) is 0 Å². The van der Waals surface area contributed by atoms with Crippen LogP contribution in [0.15, 0.2) is 108 Å². The van der Waals surface area contributed by atoms with Crippen molar-refractivity contribution in [3.05, 3.63) is 136 Å². The first-order chi connectivity index (χ1) is 18.4. The van der Waals surface area contributed by atoms with Crippen LogP contribution in [0, 0.1) is 0 Å². The van der Waals surface area contributed by atoms with Crippen molar-refractivity contribution in [2.24, 2.45) is 0 Å². The van der Waals surface area contributed by atoms with E-state index in [0.29, 0.717) is 6.61 Å². The maximum Gasteiger partial charge on any atom is 0.0685 e. The second kappa shape index (κ2) is 13.6. The van der Waals surface area contributed by atoms with E-state index < -0.39 is 0 Å². The van der Waals surface area contributed by atoms with Crippen LogP contribution < -0.4 is 0 Å². The molecule has 0 fully saturated rings. The predicted molar refractivity (Wildman–Crippen MR) is 167 cm³/mol. The number of methoxy groups -OCH3 is 1. The lowest BCUT2D eigenvalue weighted by Gasteiger charge is -2.33. The van der Waals surface area contributed by atoms with Crippen LogP contribution in [0.3, 0.4) is 0 Å². The van der Waals surface area contributed by atoms with Crippen molar-refractivity contribution >= 4 is 5.57 Å². The summed E-state index contributed by atoms with van der Waals surface area (Å²) >= 11 is 0. The molecule has 1 heteroatoms. The topological polar surface area (TPSA) is 9.23 Å². The van der Waals surface area contributed by atoms with Crippen LogP contribution >= 0.6 is 0 Å². The van der Waals surface area contributed by atoms with Crippen LogP contribution in [0.1, 0.15) is 81.2 Å². The molecule has 0 aromatic heterocycles. The third-order valence-electron chi connectivity index (χ3n) is 7.72. The largest absolute Gasteiger partial charge is 0.380 e. The zero-order chi connectivity index (χ0) is 27.8. The zero-order valence-electron chi connectivity index (χ0n) is 24.5. The van der Waals surface area contributed by atoms with E-state index in [9.17, 15) is 0 Å². The van der Waals surface area contributed by atoms with Crippen LogP contribution in [0.25, 0.3) is 5.57 Å². The van der Waals surface area contributed by atoms with Crippen molar-refractivity contribution in [2.45, 2.75) is 72.6 Å². The van der Waals surface area contributed by atoms with Crippen molar-refractivity contribution in [1.82, 2.24) is 0 Å². The third-order valence-corrected chi connectivity index (χ3v) is 7.72. The number of benzene rings is 2. The van der Waals surface area contributed by atoms with Crippen LogP contribution in [-0.4, -0.2) is 13.7 Å². The van der Waals surface area contributed by atoms with Gasteiger partial charge < -0.3 is 4.74 Å². The molecule has 0 radical (unpaired) electrons. The Morgan fingerprint density at radius 1 is 0.974 bits per heavy atom. The van der Waals surface area contributed by atoms with Gasteiger partial charge in [-0.15, -0.1) is 0 Å². The Hall–Kier alpha value is -3.16.